The Labute approximate surface area is 242 Å². The standard InChI is InChI=1S/C32H30F3NO5S/c1-41-31(38)25-12-16-29(17-13-25)42(39,40)28-14-10-23(11-15-28)18-19-36(21-24-6-3-2-4-7-24)22-30(37)26-8-5-9-27(20-26)32(33,34)35/h2-17,20,30,37H,18-19,21-22H2,1H3. The van der Waals surface area contributed by atoms with Crippen LogP contribution in [-0.4, -0.2) is 44.6 Å². The fraction of sp³-hybridized carbons (Fsp3) is 0.219. The summed E-state index contributed by atoms with van der Waals surface area (Å²) in [7, 11) is -2.57. The Morgan fingerprint density at radius 3 is 2.07 bits per heavy atom. The van der Waals surface area contributed by atoms with E-state index >= 15 is 0 Å². The first-order valence-electron chi connectivity index (χ1n) is 13.1. The first-order chi connectivity index (χ1) is 20.0. The third-order valence-corrected chi connectivity index (χ3v) is 8.60. The number of carbonyl (C=O) groups excluding carboxylic acids is 1. The van der Waals surface area contributed by atoms with Crippen LogP contribution in [0.15, 0.2) is 113 Å². The minimum atomic E-state index is -4.51. The highest BCUT2D eigenvalue weighted by Gasteiger charge is 2.31. The van der Waals surface area contributed by atoms with E-state index in [1.165, 1.54) is 55.6 Å². The van der Waals surface area contributed by atoms with Crippen LogP contribution in [0.25, 0.3) is 0 Å². The van der Waals surface area contributed by atoms with E-state index in [1.807, 2.05) is 35.2 Å². The molecule has 1 unspecified atom stereocenters. The van der Waals surface area contributed by atoms with Crippen molar-refractivity contribution in [1.29, 1.82) is 0 Å². The lowest BCUT2D eigenvalue weighted by Gasteiger charge is -2.26. The van der Waals surface area contributed by atoms with Crippen molar-refractivity contribution in [2.75, 3.05) is 20.2 Å². The van der Waals surface area contributed by atoms with Crippen LogP contribution in [0.4, 0.5) is 13.2 Å². The molecule has 1 atom stereocenters. The molecule has 0 saturated heterocycles. The summed E-state index contributed by atoms with van der Waals surface area (Å²) in [5.41, 5.74) is 1.43. The third kappa shape index (κ3) is 7.84. The molecule has 10 heteroatoms. The molecule has 0 aliphatic carbocycles. The first-order valence-corrected chi connectivity index (χ1v) is 14.6. The Bertz CT molecular complexity index is 1590. The van der Waals surface area contributed by atoms with E-state index in [1.54, 1.807) is 12.1 Å². The van der Waals surface area contributed by atoms with E-state index in [-0.39, 0.29) is 27.5 Å². The number of esters is 1. The number of hydrogen-bond donors (Lipinski definition) is 1. The molecule has 0 aliphatic rings. The largest absolute Gasteiger partial charge is 0.465 e. The molecule has 0 saturated carbocycles. The summed E-state index contributed by atoms with van der Waals surface area (Å²) < 4.78 is 70.4. The Balaban J connectivity index is 1.47. The second-order valence-corrected chi connectivity index (χ2v) is 11.7. The molecule has 220 valence electrons. The number of aliphatic hydroxyl groups is 1. The normalized spacial score (nSPS) is 12.7. The van der Waals surface area contributed by atoms with Gasteiger partial charge in [-0.3, -0.25) is 4.90 Å². The van der Waals surface area contributed by atoms with Crippen LogP contribution in [0.3, 0.4) is 0 Å². The SMILES string of the molecule is COC(=O)c1ccc(S(=O)(=O)c2ccc(CCN(Cc3ccccc3)CC(O)c3cccc(C(F)(F)F)c3)cc2)cc1. The number of aliphatic hydroxyl groups excluding tert-OH is 1. The molecule has 4 rings (SSSR count). The van der Waals surface area contributed by atoms with Crippen molar-refractivity contribution in [3.8, 4) is 0 Å². The van der Waals surface area contributed by atoms with Gasteiger partial charge in [0.05, 0.1) is 34.1 Å². The highest BCUT2D eigenvalue weighted by molar-refractivity contribution is 7.91. The predicted octanol–water partition coefficient (Wildman–Crippen LogP) is 6.10. The quantitative estimate of drug-likeness (QED) is 0.210. The highest BCUT2D eigenvalue weighted by atomic mass is 32.2. The van der Waals surface area contributed by atoms with Crippen molar-refractivity contribution >= 4 is 15.8 Å². The molecule has 0 amide bonds. The minimum Gasteiger partial charge on any atom is -0.465 e. The molecule has 0 bridgehead atoms. The summed E-state index contributed by atoms with van der Waals surface area (Å²) in [4.78, 5) is 13.7. The fourth-order valence-corrected chi connectivity index (χ4v) is 5.76. The molecule has 0 spiro atoms. The fourth-order valence-electron chi connectivity index (χ4n) is 4.50. The van der Waals surface area contributed by atoms with E-state index in [0.29, 0.717) is 19.5 Å². The lowest BCUT2D eigenvalue weighted by atomic mass is 10.0. The van der Waals surface area contributed by atoms with Gasteiger partial charge in [-0.2, -0.15) is 13.2 Å². The van der Waals surface area contributed by atoms with Crippen molar-refractivity contribution in [2.24, 2.45) is 0 Å². The van der Waals surface area contributed by atoms with Gasteiger partial charge in [0.1, 0.15) is 0 Å². The maximum absolute atomic E-state index is 13.2. The van der Waals surface area contributed by atoms with Gasteiger partial charge in [0.25, 0.3) is 0 Å². The predicted molar refractivity (Wildman–Crippen MR) is 152 cm³/mol. The van der Waals surface area contributed by atoms with Gasteiger partial charge in [-0.15, -0.1) is 0 Å². The summed E-state index contributed by atoms with van der Waals surface area (Å²) >= 11 is 0. The molecule has 6 nitrogen and oxygen atoms in total. The molecule has 0 heterocycles. The molecule has 0 aromatic heterocycles. The second-order valence-electron chi connectivity index (χ2n) is 9.77. The molecule has 4 aromatic rings. The summed E-state index contributed by atoms with van der Waals surface area (Å²) in [5, 5.41) is 10.9. The Morgan fingerprint density at radius 2 is 1.48 bits per heavy atom. The van der Waals surface area contributed by atoms with Gasteiger partial charge in [-0.25, -0.2) is 13.2 Å². The van der Waals surface area contributed by atoms with Crippen LogP contribution in [-0.2, 0) is 33.7 Å². The van der Waals surface area contributed by atoms with Gasteiger partial charge in [-0.1, -0.05) is 54.6 Å². The number of halogens is 3. The maximum atomic E-state index is 13.2. The molecule has 4 aromatic carbocycles. The van der Waals surface area contributed by atoms with Crippen LogP contribution in [0.5, 0.6) is 0 Å². The van der Waals surface area contributed by atoms with Gasteiger partial charge in [0.2, 0.25) is 9.84 Å². The third-order valence-electron chi connectivity index (χ3n) is 6.81. The van der Waals surface area contributed by atoms with Crippen LogP contribution < -0.4 is 0 Å². The van der Waals surface area contributed by atoms with Gasteiger partial charge in [0.15, 0.2) is 0 Å². The van der Waals surface area contributed by atoms with Crippen LogP contribution in [0, 0.1) is 0 Å². The zero-order valence-corrected chi connectivity index (χ0v) is 23.6. The van der Waals surface area contributed by atoms with Crippen molar-refractivity contribution in [3.63, 3.8) is 0 Å². The number of hydrogen-bond acceptors (Lipinski definition) is 6. The molecule has 0 fully saturated rings. The average molecular weight is 598 g/mol. The van der Waals surface area contributed by atoms with Crippen molar-refractivity contribution in [3.05, 3.63) is 131 Å². The number of alkyl halides is 3. The number of ether oxygens (including phenoxy) is 1. The second kappa shape index (κ2) is 13.3. The lowest BCUT2D eigenvalue weighted by Crippen LogP contribution is -2.30. The molecule has 0 aliphatic heterocycles. The van der Waals surface area contributed by atoms with E-state index in [2.05, 4.69) is 4.74 Å². The number of nitrogens with zero attached hydrogens (tertiary/aromatic N) is 1. The van der Waals surface area contributed by atoms with Crippen molar-refractivity contribution in [2.45, 2.75) is 35.0 Å². The van der Waals surface area contributed by atoms with Gasteiger partial charge in [0, 0.05) is 19.6 Å². The summed E-state index contributed by atoms with van der Waals surface area (Å²) in [6.07, 6.45) is -5.14. The molecular weight excluding hydrogens is 567 g/mol. The van der Waals surface area contributed by atoms with Crippen LogP contribution in [0.1, 0.15) is 38.7 Å². The van der Waals surface area contributed by atoms with Gasteiger partial charge in [-0.05, 0) is 71.6 Å². The summed E-state index contributed by atoms with van der Waals surface area (Å²) in [5.74, 6) is -0.563. The minimum absolute atomic E-state index is 0.0421. The maximum Gasteiger partial charge on any atom is 0.416 e. The Kier molecular flexibility index (Phi) is 9.82. The number of carbonyl (C=O) groups is 1. The van der Waals surface area contributed by atoms with Crippen LogP contribution >= 0.6 is 0 Å². The first kappa shape index (κ1) is 31.0. The number of methoxy groups -OCH3 is 1. The monoisotopic (exact) mass is 597 g/mol. The van der Waals surface area contributed by atoms with E-state index in [9.17, 15) is 31.5 Å². The number of rotatable bonds is 11. The Hall–Kier alpha value is -3.99. The summed E-state index contributed by atoms with van der Waals surface area (Å²) in [6.45, 7) is 1.03. The average Bonchev–Trinajstić information content (AvgIpc) is 3.00. The molecular formula is C32H30F3NO5S. The van der Waals surface area contributed by atoms with E-state index < -0.39 is 33.7 Å². The van der Waals surface area contributed by atoms with Crippen molar-refractivity contribution < 1.29 is 36.2 Å². The van der Waals surface area contributed by atoms with Gasteiger partial charge >= 0.3 is 12.1 Å². The van der Waals surface area contributed by atoms with Crippen molar-refractivity contribution in [1.82, 2.24) is 4.90 Å². The highest BCUT2D eigenvalue weighted by Crippen LogP contribution is 2.31. The van der Waals surface area contributed by atoms with Gasteiger partial charge < -0.3 is 9.84 Å². The molecule has 1 N–H and O–H groups in total. The number of sulfone groups is 1. The van der Waals surface area contributed by atoms with E-state index in [4.69, 9.17) is 0 Å². The molecule has 42 heavy (non-hydrogen) atoms. The zero-order chi connectivity index (χ0) is 30.3. The smallest absolute Gasteiger partial charge is 0.416 e. The van der Waals surface area contributed by atoms with E-state index in [0.717, 1.165) is 23.3 Å². The zero-order valence-electron chi connectivity index (χ0n) is 22.8. The Morgan fingerprint density at radius 1 is 0.857 bits per heavy atom. The molecule has 0 radical (unpaired) electrons. The van der Waals surface area contributed by atoms with Crippen LogP contribution in [0.2, 0.25) is 0 Å². The lowest BCUT2D eigenvalue weighted by molar-refractivity contribution is -0.137. The number of benzene rings is 4. The summed E-state index contributed by atoms with van der Waals surface area (Å²) in [6, 6.07) is 26.1. The topological polar surface area (TPSA) is 83.9 Å².